The van der Waals surface area contributed by atoms with Gasteiger partial charge in [-0.2, -0.15) is 0 Å². The minimum atomic E-state index is 0.225. The molecule has 0 radical (unpaired) electrons. The van der Waals surface area contributed by atoms with Crippen molar-refractivity contribution in [3.8, 4) is 11.1 Å². The van der Waals surface area contributed by atoms with E-state index in [4.69, 9.17) is 0 Å². The second kappa shape index (κ2) is 16.8. The van der Waals surface area contributed by atoms with Crippen molar-refractivity contribution in [3.63, 3.8) is 0 Å². The van der Waals surface area contributed by atoms with Crippen molar-refractivity contribution in [2.75, 3.05) is 0 Å². The fraction of sp³-hybridized carbons (Fsp3) is 0.455. The van der Waals surface area contributed by atoms with Gasteiger partial charge in [0.15, 0.2) is 0 Å². The summed E-state index contributed by atoms with van der Waals surface area (Å²) in [7, 11) is 0. The van der Waals surface area contributed by atoms with Crippen LogP contribution in [0.25, 0.3) is 11.1 Å². The fourth-order valence-electron chi connectivity index (χ4n) is 8.07. The number of hydrogen-bond acceptors (Lipinski definition) is 0. The predicted molar refractivity (Wildman–Crippen MR) is 199 cm³/mol. The van der Waals surface area contributed by atoms with Gasteiger partial charge in [0.25, 0.3) is 0 Å². The van der Waals surface area contributed by atoms with Gasteiger partial charge in [0, 0.05) is 5.41 Å². The smallest absolute Gasteiger partial charge is 0.0213 e. The molecule has 0 atom stereocenters. The Labute approximate surface area is 272 Å². The minimum Gasteiger partial charge on any atom is -0.0683 e. The van der Waals surface area contributed by atoms with E-state index in [1.54, 1.807) is 11.1 Å². The lowest BCUT2D eigenvalue weighted by atomic mass is 9.61. The maximum Gasteiger partial charge on any atom is 0.0213 e. The molecule has 238 valence electrons. The summed E-state index contributed by atoms with van der Waals surface area (Å²) < 4.78 is 0. The van der Waals surface area contributed by atoms with Crippen LogP contribution in [0.1, 0.15) is 127 Å². The van der Waals surface area contributed by atoms with Gasteiger partial charge in [-0.15, -0.1) is 0 Å². The number of rotatable bonds is 3. The van der Waals surface area contributed by atoms with Crippen LogP contribution < -0.4 is 0 Å². The quantitative estimate of drug-likeness (QED) is 0.223. The first kappa shape index (κ1) is 37.1. The Morgan fingerprint density at radius 2 is 0.659 bits per heavy atom. The lowest BCUT2D eigenvalue weighted by Gasteiger charge is -2.42. The lowest BCUT2D eigenvalue weighted by molar-refractivity contribution is 0.341. The fourth-order valence-corrected chi connectivity index (χ4v) is 8.07. The Bertz CT molecular complexity index is 1310. The van der Waals surface area contributed by atoms with Crippen LogP contribution in [0.15, 0.2) is 60.7 Å². The Morgan fingerprint density at radius 3 is 0.932 bits per heavy atom. The van der Waals surface area contributed by atoms with Crippen LogP contribution in [0.4, 0.5) is 0 Å². The van der Waals surface area contributed by atoms with Gasteiger partial charge in [0.2, 0.25) is 0 Å². The van der Waals surface area contributed by atoms with Crippen molar-refractivity contribution in [2.45, 2.75) is 134 Å². The van der Waals surface area contributed by atoms with E-state index in [2.05, 4.69) is 130 Å². The van der Waals surface area contributed by atoms with E-state index in [1.807, 2.05) is 27.7 Å². The highest BCUT2D eigenvalue weighted by atomic mass is 14.4. The van der Waals surface area contributed by atoms with E-state index in [0.29, 0.717) is 0 Å². The second-order valence-corrected chi connectivity index (χ2v) is 12.7. The van der Waals surface area contributed by atoms with Crippen LogP contribution >= 0.6 is 0 Å². The molecule has 44 heavy (non-hydrogen) atoms. The molecule has 0 spiro atoms. The average molecular weight is 591 g/mol. The van der Waals surface area contributed by atoms with Crippen molar-refractivity contribution in [3.05, 3.63) is 127 Å². The molecule has 0 amide bonds. The number of hydrogen-bond donors (Lipinski definition) is 0. The highest BCUT2D eigenvalue weighted by molar-refractivity contribution is 5.77. The molecular formula is C44H62. The zero-order valence-electron chi connectivity index (χ0n) is 30.8. The van der Waals surface area contributed by atoms with E-state index >= 15 is 0 Å². The van der Waals surface area contributed by atoms with Gasteiger partial charge >= 0.3 is 0 Å². The molecule has 0 saturated heterocycles. The third-order valence-corrected chi connectivity index (χ3v) is 9.23. The van der Waals surface area contributed by atoms with E-state index in [9.17, 15) is 0 Å². The summed E-state index contributed by atoms with van der Waals surface area (Å²) in [6, 6.07) is 22.7. The van der Waals surface area contributed by atoms with Crippen molar-refractivity contribution in [1.29, 1.82) is 0 Å². The first-order chi connectivity index (χ1) is 21.0. The molecule has 5 rings (SSSR count). The maximum atomic E-state index is 2.30. The van der Waals surface area contributed by atoms with E-state index in [0.717, 1.165) is 0 Å². The molecule has 1 fully saturated rings. The minimum absolute atomic E-state index is 0.225. The maximum absolute atomic E-state index is 2.30. The van der Waals surface area contributed by atoms with Crippen molar-refractivity contribution in [2.24, 2.45) is 0 Å². The number of aryl methyl sites for hydroxylation is 10. The summed E-state index contributed by atoms with van der Waals surface area (Å²) in [4.78, 5) is 0. The molecule has 0 bridgehead atoms. The highest BCUT2D eigenvalue weighted by Crippen LogP contribution is 2.49. The summed E-state index contributed by atoms with van der Waals surface area (Å²) in [5.41, 5.74) is 20.3. The zero-order valence-corrected chi connectivity index (χ0v) is 30.8. The summed E-state index contributed by atoms with van der Waals surface area (Å²) in [5.74, 6) is 0. The van der Waals surface area contributed by atoms with E-state index in [1.165, 1.54) is 98.9 Å². The molecule has 1 aliphatic carbocycles. The molecule has 0 aliphatic heterocycles. The van der Waals surface area contributed by atoms with Crippen LogP contribution in [0.5, 0.6) is 0 Å². The van der Waals surface area contributed by atoms with Crippen molar-refractivity contribution in [1.82, 2.24) is 0 Å². The predicted octanol–water partition coefficient (Wildman–Crippen LogP) is 13.4. The first-order valence-electron chi connectivity index (χ1n) is 17.3. The third kappa shape index (κ3) is 8.12. The molecule has 0 aromatic heterocycles. The van der Waals surface area contributed by atoms with Crippen LogP contribution in [0, 0.1) is 69.2 Å². The van der Waals surface area contributed by atoms with Gasteiger partial charge in [-0.3, -0.25) is 0 Å². The van der Waals surface area contributed by atoms with Gasteiger partial charge < -0.3 is 0 Å². The van der Waals surface area contributed by atoms with Crippen LogP contribution in [0.3, 0.4) is 0 Å². The zero-order chi connectivity index (χ0) is 33.2. The largest absolute Gasteiger partial charge is 0.0683 e. The standard InChI is InChI=1S/C22H28.C18H22.2C2H6/c1-16-10-8-11-17(2)20(16)22(14-6-5-7-15-22)21-18(3)12-9-13-19(21)4;1-11-7-13(3)17(14(4)8-11)18-15(5)9-12(2)10-16(18)6;2*1-2/h8-13H,5-7,14-15H2,1-4H3;7-10H,1-6H3;2*1-2H3. The van der Waals surface area contributed by atoms with Crippen LogP contribution in [0.2, 0.25) is 0 Å². The van der Waals surface area contributed by atoms with E-state index < -0.39 is 0 Å². The summed E-state index contributed by atoms with van der Waals surface area (Å²) >= 11 is 0. The van der Waals surface area contributed by atoms with Crippen molar-refractivity contribution >= 4 is 0 Å². The first-order valence-corrected chi connectivity index (χ1v) is 17.3. The molecule has 4 aromatic carbocycles. The van der Waals surface area contributed by atoms with Crippen LogP contribution in [-0.4, -0.2) is 0 Å². The monoisotopic (exact) mass is 590 g/mol. The molecule has 0 N–H and O–H groups in total. The highest BCUT2D eigenvalue weighted by Gasteiger charge is 2.39. The Hall–Kier alpha value is -3.12. The van der Waals surface area contributed by atoms with Gasteiger partial charge in [-0.1, -0.05) is 119 Å². The van der Waals surface area contributed by atoms with Gasteiger partial charge in [0.1, 0.15) is 0 Å². The Balaban J connectivity index is 0.000000280. The Morgan fingerprint density at radius 1 is 0.386 bits per heavy atom. The Kier molecular flexibility index (Phi) is 14.2. The topological polar surface area (TPSA) is 0 Å². The summed E-state index contributed by atoms with van der Waals surface area (Å²) in [6.45, 7) is 30.4. The molecule has 0 nitrogen and oxygen atoms in total. The van der Waals surface area contributed by atoms with Gasteiger partial charge in [-0.25, -0.2) is 0 Å². The molecule has 4 aromatic rings. The normalized spacial score (nSPS) is 13.4. The summed E-state index contributed by atoms with van der Waals surface area (Å²) in [6.07, 6.45) is 6.68. The SMILES string of the molecule is CC.CC.Cc1cc(C)c(-c2c(C)cc(C)cc2C)c(C)c1.Cc1cccc(C)c1C1(c2c(C)cccc2C)CCCCC1. The molecular weight excluding hydrogens is 528 g/mol. The third-order valence-electron chi connectivity index (χ3n) is 9.23. The molecule has 0 heteroatoms. The second-order valence-electron chi connectivity index (χ2n) is 12.7. The summed E-state index contributed by atoms with van der Waals surface area (Å²) in [5, 5.41) is 0. The van der Waals surface area contributed by atoms with E-state index in [-0.39, 0.29) is 5.41 Å². The number of benzene rings is 4. The lowest BCUT2D eigenvalue weighted by Crippen LogP contribution is -2.34. The average Bonchev–Trinajstić information content (AvgIpc) is 2.97. The molecule has 1 saturated carbocycles. The van der Waals surface area contributed by atoms with Gasteiger partial charge in [0.05, 0.1) is 0 Å². The van der Waals surface area contributed by atoms with Crippen LogP contribution in [-0.2, 0) is 5.41 Å². The molecule has 1 aliphatic rings. The molecule has 0 heterocycles. The van der Waals surface area contributed by atoms with Crippen molar-refractivity contribution < 1.29 is 0 Å². The van der Waals surface area contributed by atoms with Gasteiger partial charge in [-0.05, 0) is 149 Å². The molecule has 0 unspecified atom stereocenters.